The van der Waals surface area contributed by atoms with Gasteiger partial charge in [0.1, 0.15) is 0 Å². The second-order valence-corrected chi connectivity index (χ2v) is 6.07. The van der Waals surface area contributed by atoms with E-state index in [4.69, 9.17) is 9.63 Å². The molecule has 0 bridgehead atoms. The van der Waals surface area contributed by atoms with Crippen LogP contribution in [0, 0.1) is 5.92 Å². The predicted octanol–water partition coefficient (Wildman–Crippen LogP) is -0.194. The van der Waals surface area contributed by atoms with Gasteiger partial charge in [0.05, 0.1) is 18.7 Å². The third-order valence-electron chi connectivity index (χ3n) is 3.06. The standard InChI is InChI=1S/C10H15N3O5S/c14-10(15)8-2-5-13(6-3-8)19(16,17)12-7-9-1-4-11-18-9/h1,4,8,12H,2-3,5-7H2,(H,14,15). The summed E-state index contributed by atoms with van der Waals surface area (Å²) in [7, 11) is -3.61. The van der Waals surface area contributed by atoms with Crippen molar-refractivity contribution >= 4 is 16.2 Å². The van der Waals surface area contributed by atoms with Crippen LogP contribution in [-0.2, 0) is 21.5 Å². The molecule has 0 aliphatic carbocycles. The summed E-state index contributed by atoms with van der Waals surface area (Å²) in [5.41, 5.74) is 0. The molecule has 0 radical (unpaired) electrons. The van der Waals surface area contributed by atoms with Gasteiger partial charge in [-0.2, -0.15) is 17.4 Å². The van der Waals surface area contributed by atoms with E-state index in [9.17, 15) is 13.2 Å². The zero-order chi connectivity index (χ0) is 13.9. The number of carboxylic acids is 1. The van der Waals surface area contributed by atoms with Gasteiger partial charge >= 0.3 is 5.97 Å². The quantitative estimate of drug-likeness (QED) is 0.776. The largest absolute Gasteiger partial charge is 0.481 e. The zero-order valence-corrected chi connectivity index (χ0v) is 11.0. The van der Waals surface area contributed by atoms with Crippen LogP contribution in [0.5, 0.6) is 0 Å². The highest BCUT2D eigenvalue weighted by Crippen LogP contribution is 2.19. The van der Waals surface area contributed by atoms with Gasteiger partial charge in [-0.05, 0) is 12.8 Å². The lowest BCUT2D eigenvalue weighted by atomic mass is 9.99. The van der Waals surface area contributed by atoms with Gasteiger partial charge in [-0.1, -0.05) is 5.16 Å². The molecule has 1 aliphatic rings. The van der Waals surface area contributed by atoms with Gasteiger partial charge in [0.25, 0.3) is 10.2 Å². The second kappa shape index (κ2) is 5.68. The molecule has 0 unspecified atom stereocenters. The maximum atomic E-state index is 12.0. The minimum Gasteiger partial charge on any atom is -0.481 e. The van der Waals surface area contributed by atoms with Gasteiger partial charge in [-0.15, -0.1) is 0 Å². The normalized spacial score (nSPS) is 18.5. The number of rotatable bonds is 5. The lowest BCUT2D eigenvalue weighted by molar-refractivity contribution is -0.142. The van der Waals surface area contributed by atoms with E-state index in [0.29, 0.717) is 18.6 Å². The van der Waals surface area contributed by atoms with Crippen LogP contribution in [0.4, 0.5) is 0 Å². The molecule has 0 spiro atoms. The zero-order valence-electron chi connectivity index (χ0n) is 10.2. The summed E-state index contributed by atoms with van der Waals surface area (Å²) < 4.78 is 32.4. The van der Waals surface area contributed by atoms with E-state index >= 15 is 0 Å². The molecular formula is C10H15N3O5S. The van der Waals surface area contributed by atoms with Gasteiger partial charge in [0.15, 0.2) is 5.76 Å². The monoisotopic (exact) mass is 289 g/mol. The molecule has 2 N–H and O–H groups in total. The van der Waals surface area contributed by atoms with E-state index in [1.54, 1.807) is 6.07 Å². The SMILES string of the molecule is O=C(O)C1CCN(S(=O)(=O)NCc2ccno2)CC1. The first kappa shape index (κ1) is 14.0. The molecule has 2 rings (SSSR count). The fourth-order valence-electron chi connectivity index (χ4n) is 1.93. The van der Waals surface area contributed by atoms with E-state index in [-0.39, 0.29) is 19.6 Å². The fraction of sp³-hybridized carbons (Fsp3) is 0.600. The number of carbonyl (C=O) groups is 1. The molecule has 1 fully saturated rings. The van der Waals surface area contributed by atoms with Gasteiger partial charge < -0.3 is 9.63 Å². The molecule has 1 aromatic heterocycles. The van der Waals surface area contributed by atoms with Crippen molar-refractivity contribution in [1.82, 2.24) is 14.2 Å². The summed E-state index contributed by atoms with van der Waals surface area (Å²) in [5, 5.41) is 12.3. The van der Waals surface area contributed by atoms with E-state index in [2.05, 4.69) is 9.88 Å². The average Bonchev–Trinajstić information content (AvgIpc) is 2.90. The Balaban J connectivity index is 1.88. The molecule has 1 aromatic rings. The number of hydrogen-bond acceptors (Lipinski definition) is 5. The van der Waals surface area contributed by atoms with Crippen LogP contribution in [0.2, 0.25) is 0 Å². The van der Waals surface area contributed by atoms with Gasteiger partial charge in [-0.25, -0.2) is 0 Å². The molecule has 0 saturated carbocycles. The summed E-state index contributed by atoms with van der Waals surface area (Å²) in [5.74, 6) is -0.906. The number of nitrogens with zero attached hydrogens (tertiary/aromatic N) is 2. The molecule has 19 heavy (non-hydrogen) atoms. The third kappa shape index (κ3) is 3.52. The first-order chi connectivity index (χ1) is 8.99. The second-order valence-electron chi connectivity index (χ2n) is 4.32. The van der Waals surface area contributed by atoms with E-state index in [0.717, 1.165) is 0 Å². The highest BCUT2D eigenvalue weighted by molar-refractivity contribution is 7.87. The van der Waals surface area contributed by atoms with Crippen molar-refractivity contribution in [2.75, 3.05) is 13.1 Å². The molecule has 0 atom stereocenters. The summed E-state index contributed by atoms with van der Waals surface area (Å²) in [6, 6.07) is 1.57. The molecule has 106 valence electrons. The Morgan fingerprint density at radius 3 is 2.74 bits per heavy atom. The Bertz CT molecular complexity index is 519. The lowest BCUT2D eigenvalue weighted by Gasteiger charge is -2.29. The van der Waals surface area contributed by atoms with Crippen LogP contribution in [0.15, 0.2) is 16.8 Å². The fourth-order valence-corrected chi connectivity index (χ4v) is 3.13. The molecule has 0 aromatic carbocycles. The van der Waals surface area contributed by atoms with Crippen molar-refractivity contribution in [2.45, 2.75) is 19.4 Å². The number of aliphatic carboxylic acids is 1. The molecule has 1 saturated heterocycles. The van der Waals surface area contributed by atoms with Crippen molar-refractivity contribution in [1.29, 1.82) is 0 Å². The summed E-state index contributed by atoms with van der Waals surface area (Å²) in [6.45, 7) is 0.451. The maximum absolute atomic E-state index is 12.0. The highest BCUT2D eigenvalue weighted by Gasteiger charge is 2.30. The topological polar surface area (TPSA) is 113 Å². The molecular weight excluding hydrogens is 274 g/mol. The van der Waals surface area contributed by atoms with E-state index in [1.807, 2.05) is 0 Å². The van der Waals surface area contributed by atoms with Crippen LogP contribution in [0.25, 0.3) is 0 Å². The molecule has 1 aliphatic heterocycles. The van der Waals surface area contributed by atoms with Crippen molar-refractivity contribution in [3.8, 4) is 0 Å². The number of hydrogen-bond donors (Lipinski definition) is 2. The minimum absolute atomic E-state index is 0.0290. The minimum atomic E-state index is -3.61. The van der Waals surface area contributed by atoms with Crippen molar-refractivity contribution in [3.63, 3.8) is 0 Å². The maximum Gasteiger partial charge on any atom is 0.306 e. The summed E-state index contributed by atoms with van der Waals surface area (Å²) in [6.07, 6.45) is 2.10. The molecule has 9 heteroatoms. The van der Waals surface area contributed by atoms with Crippen LogP contribution >= 0.6 is 0 Å². The van der Waals surface area contributed by atoms with Crippen LogP contribution < -0.4 is 4.72 Å². The van der Waals surface area contributed by atoms with E-state index < -0.39 is 22.1 Å². The Morgan fingerprint density at radius 1 is 1.53 bits per heavy atom. The van der Waals surface area contributed by atoms with E-state index in [1.165, 1.54) is 10.5 Å². The number of carboxylic acid groups (broad SMARTS) is 1. The smallest absolute Gasteiger partial charge is 0.306 e. The van der Waals surface area contributed by atoms with Crippen molar-refractivity contribution in [3.05, 3.63) is 18.0 Å². The molecule has 0 amide bonds. The predicted molar refractivity (Wildman–Crippen MR) is 64.2 cm³/mol. The van der Waals surface area contributed by atoms with Gasteiger partial charge in [0.2, 0.25) is 0 Å². The van der Waals surface area contributed by atoms with Crippen molar-refractivity contribution < 1.29 is 22.8 Å². The Labute approximate surface area is 110 Å². The first-order valence-corrected chi connectivity index (χ1v) is 7.30. The Morgan fingerprint density at radius 2 is 2.21 bits per heavy atom. The average molecular weight is 289 g/mol. The van der Waals surface area contributed by atoms with Gasteiger partial charge in [0, 0.05) is 19.2 Å². The van der Waals surface area contributed by atoms with Crippen LogP contribution in [0.1, 0.15) is 18.6 Å². The lowest BCUT2D eigenvalue weighted by Crippen LogP contribution is -2.45. The molecule has 2 heterocycles. The first-order valence-electron chi connectivity index (χ1n) is 5.86. The Hall–Kier alpha value is -1.45. The van der Waals surface area contributed by atoms with Crippen LogP contribution in [0.3, 0.4) is 0 Å². The highest BCUT2D eigenvalue weighted by atomic mass is 32.2. The Kier molecular flexibility index (Phi) is 4.17. The third-order valence-corrected chi connectivity index (χ3v) is 4.62. The van der Waals surface area contributed by atoms with Crippen molar-refractivity contribution in [2.24, 2.45) is 5.92 Å². The van der Waals surface area contributed by atoms with Gasteiger partial charge in [-0.3, -0.25) is 4.79 Å². The summed E-state index contributed by atoms with van der Waals surface area (Å²) in [4.78, 5) is 10.8. The molecule has 8 nitrogen and oxygen atoms in total. The number of aromatic nitrogens is 1. The number of nitrogens with one attached hydrogen (secondary N) is 1. The summed E-state index contributed by atoms with van der Waals surface area (Å²) >= 11 is 0. The van der Waals surface area contributed by atoms with Crippen LogP contribution in [-0.4, -0.2) is 42.0 Å². The number of piperidine rings is 1.